The van der Waals surface area contributed by atoms with Gasteiger partial charge in [0, 0.05) is 28.7 Å². The summed E-state index contributed by atoms with van der Waals surface area (Å²) in [5, 5.41) is 4.45. The molecule has 0 saturated heterocycles. The van der Waals surface area contributed by atoms with E-state index in [9.17, 15) is 4.79 Å². The highest BCUT2D eigenvalue weighted by Crippen LogP contribution is 2.26. The highest BCUT2D eigenvalue weighted by molar-refractivity contribution is 6.35. The normalized spacial score (nSPS) is 10.8. The first kappa shape index (κ1) is 18.1. The fourth-order valence-electron chi connectivity index (χ4n) is 3.16. The first-order valence-electron chi connectivity index (χ1n) is 8.94. The van der Waals surface area contributed by atoms with Gasteiger partial charge in [-0.3, -0.25) is 4.79 Å². The standard InChI is InChI=1S/C23H19ClN2O2/c1-26-21-12-6-11-20(24)19(21)14-22(26)23(27)25-17-8-5-7-16(13-17)15-28-18-9-3-2-4-10-18/h2-14H,15H2,1H3,(H,25,27). The van der Waals surface area contributed by atoms with Crippen molar-refractivity contribution in [2.45, 2.75) is 6.61 Å². The molecule has 0 radical (unpaired) electrons. The third-order valence-electron chi connectivity index (χ3n) is 4.60. The zero-order valence-electron chi connectivity index (χ0n) is 15.4. The Labute approximate surface area is 168 Å². The summed E-state index contributed by atoms with van der Waals surface area (Å²) in [6.45, 7) is 0.428. The lowest BCUT2D eigenvalue weighted by molar-refractivity contribution is 0.101. The van der Waals surface area contributed by atoms with Gasteiger partial charge in [-0.2, -0.15) is 0 Å². The molecule has 4 aromatic rings. The number of para-hydroxylation sites is 1. The molecule has 0 aliphatic heterocycles. The minimum atomic E-state index is -0.184. The van der Waals surface area contributed by atoms with Crippen molar-refractivity contribution in [3.8, 4) is 5.75 Å². The predicted molar refractivity (Wildman–Crippen MR) is 113 cm³/mol. The Hall–Kier alpha value is -3.24. The number of benzene rings is 3. The van der Waals surface area contributed by atoms with Gasteiger partial charge >= 0.3 is 0 Å². The molecule has 0 atom stereocenters. The van der Waals surface area contributed by atoms with E-state index in [2.05, 4.69) is 5.32 Å². The monoisotopic (exact) mass is 390 g/mol. The van der Waals surface area contributed by atoms with Crippen LogP contribution >= 0.6 is 11.6 Å². The smallest absolute Gasteiger partial charge is 0.272 e. The van der Waals surface area contributed by atoms with Crippen LogP contribution in [0.2, 0.25) is 5.02 Å². The molecule has 5 heteroatoms. The molecule has 4 rings (SSSR count). The lowest BCUT2D eigenvalue weighted by atomic mass is 10.2. The molecule has 0 aliphatic rings. The van der Waals surface area contributed by atoms with Gasteiger partial charge in [-0.1, -0.05) is 48.0 Å². The van der Waals surface area contributed by atoms with E-state index in [1.807, 2.05) is 90.5 Å². The Morgan fingerprint density at radius 2 is 1.79 bits per heavy atom. The number of carbonyl (C=O) groups excluding carboxylic acids is 1. The summed E-state index contributed by atoms with van der Waals surface area (Å²) in [7, 11) is 1.86. The van der Waals surface area contributed by atoms with Crippen LogP contribution in [0.1, 0.15) is 16.1 Å². The average Bonchev–Trinajstić information content (AvgIpc) is 3.06. The van der Waals surface area contributed by atoms with Gasteiger partial charge in [-0.25, -0.2) is 0 Å². The fourth-order valence-corrected chi connectivity index (χ4v) is 3.38. The van der Waals surface area contributed by atoms with Crippen LogP contribution in [0, 0.1) is 0 Å². The molecule has 1 aromatic heterocycles. The number of halogens is 1. The van der Waals surface area contributed by atoms with Crippen LogP contribution in [0.25, 0.3) is 10.9 Å². The molecule has 4 nitrogen and oxygen atoms in total. The van der Waals surface area contributed by atoms with Gasteiger partial charge in [0.2, 0.25) is 0 Å². The molecule has 1 amide bonds. The maximum atomic E-state index is 12.8. The zero-order valence-corrected chi connectivity index (χ0v) is 16.1. The van der Waals surface area contributed by atoms with E-state index < -0.39 is 0 Å². The van der Waals surface area contributed by atoms with Gasteiger partial charge in [-0.05, 0) is 48.0 Å². The second-order valence-electron chi connectivity index (χ2n) is 6.52. The zero-order chi connectivity index (χ0) is 19.5. The summed E-state index contributed by atoms with van der Waals surface area (Å²) in [6.07, 6.45) is 0. The quantitative estimate of drug-likeness (QED) is 0.477. The van der Waals surface area contributed by atoms with Crippen LogP contribution in [0.4, 0.5) is 5.69 Å². The molecule has 28 heavy (non-hydrogen) atoms. The summed E-state index contributed by atoms with van der Waals surface area (Å²) in [5.74, 6) is 0.625. The fraction of sp³-hybridized carbons (Fsp3) is 0.0870. The number of nitrogens with zero attached hydrogens (tertiary/aromatic N) is 1. The van der Waals surface area contributed by atoms with Crippen LogP contribution in [-0.4, -0.2) is 10.5 Å². The molecule has 0 unspecified atom stereocenters. The van der Waals surface area contributed by atoms with Crippen molar-refractivity contribution in [2.24, 2.45) is 7.05 Å². The second-order valence-corrected chi connectivity index (χ2v) is 6.92. The molecule has 3 aromatic carbocycles. The summed E-state index contributed by atoms with van der Waals surface area (Å²) < 4.78 is 7.62. The number of carbonyl (C=O) groups is 1. The lowest BCUT2D eigenvalue weighted by Crippen LogP contribution is -2.15. The van der Waals surface area contributed by atoms with Gasteiger partial charge in [0.15, 0.2) is 0 Å². The minimum Gasteiger partial charge on any atom is -0.489 e. The van der Waals surface area contributed by atoms with Crippen molar-refractivity contribution < 1.29 is 9.53 Å². The van der Waals surface area contributed by atoms with Crippen molar-refractivity contribution in [3.63, 3.8) is 0 Å². The van der Waals surface area contributed by atoms with E-state index in [1.165, 1.54) is 0 Å². The number of aromatic nitrogens is 1. The average molecular weight is 391 g/mol. The first-order valence-corrected chi connectivity index (χ1v) is 9.32. The number of anilines is 1. The maximum Gasteiger partial charge on any atom is 0.272 e. The number of ether oxygens (including phenoxy) is 1. The molecule has 1 heterocycles. The summed E-state index contributed by atoms with van der Waals surface area (Å²) in [6, 6.07) is 24.7. The third-order valence-corrected chi connectivity index (χ3v) is 4.93. The molecule has 140 valence electrons. The largest absolute Gasteiger partial charge is 0.489 e. The van der Waals surface area contributed by atoms with Gasteiger partial charge in [-0.15, -0.1) is 0 Å². The summed E-state index contributed by atoms with van der Waals surface area (Å²) >= 11 is 6.25. The third kappa shape index (κ3) is 3.73. The number of fused-ring (bicyclic) bond motifs is 1. The van der Waals surface area contributed by atoms with E-state index in [-0.39, 0.29) is 5.91 Å². The van der Waals surface area contributed by atoms with Crippen molar-refractivity contribution in [1.29, 1.82) is 0 Å². The Morgan fingerprint density at radius 3 is 2.57 bits per heavy atom. The molecule has 1 N–H and O–H groups in total. The Balaban J connectivity index is 1.51. The Kier molecular flexibility index (Phi) is 5.04. The molecule has 0 spiro atoms. The number of nitrogens with one attached hydrogen (secondary N) is 1. The maximum absolute atomic E-state index is 12.8. The van der Waals surface area contributed by atoms with Gasteiger partial charge in [0.05, 0.1) is 0 Å². The topological polar surface area (TPSA) is 43.3 Å². The van der Waals surface area contributed by atoms with E-state index in [1.54, 1.807) is 0 Å². The number of rotatable bonds is 5. The molecular weight excluding hydrogens is 372 g/mol. The van der Waals surface area contributed by atoms with E-state index in [4.69, 9.17) is 16.3 Å². The van der Waals surface area contributed by atoms with Crippen LogP contribution in [0.15, 0.2) is 78.9 Å². The van der Waals surface area contributed by atoms with Crippen molar-refractivity contribution >= 4 is 34.1 Å². The Bertz CT molecular complexity index is 1140. The van der Waals surface area contributed by atoms with Crippen LogP contribution in [-0.2, 0) is 13.7 Å². The number of amides is 1. The van der Waals surface area contributed by atoms with E-state index >= 15 is 0 Å². The number of hydrogen-bond acceptors (Lipinski definition) is 2. The van der Waals surface area contributed by atoms with Crippen LogP contribution in [0.5, 0.6) is 5.75 Å². The highest BCUT2D eigenvalue weighted by atomic mass is 35.5. The summed E-state index contributed by atoms with van der Waals surface area (Å²) in [4.78, 5) is 12.8. The van der Waals surface area contributed by atoms with Crippen molar-refractivity contribution in [1.82, 2.24) is 4.57 Å². The first-order chi connectivity index (χ1) is 13.6. The summed E-state index contributed by atoms with van der Waals surface area (Å²) in [5.41, 5.74) is 3.16. The minimum absolute atomic E-state index is 0.184. The van der Waals surface area contributed by atoms with E-state index in [0.717, 1.165) is 27.9 Å². The number of aryl methyl sites for hydroxylation is 1. The molecule has 0 aliphatic carbocycles. The van der Waals surface area contributed by atoms with Gasteiger partial charge in [0.25, 0.3) is 5.91 Å². The van der Waals surface area contributed by atoms with Crippen molar-refractivity contribution in [3.05, 3.63) is 95.1 Å². The molecule has 0 bridgehead atoms. The van der Waals surface area contributed by atoms with Gasteiger partial charge < -0.3 is 14.6 Å². The van der Waals surface area contributed by atoms with E-state index in [0.29, 0.717) is 17.3 Å². The van der Waals surface area contributed by atoms with Gasteiger partial charge in [0.1, 0.15) is 18.1 Å². The molecule has 0 fully saturated rings. The van der Waals surface area contributed by atoms with Crippen LogP contribution < -0.4 is 10.1 Å². The molecule has 0 saturated carbocycles. The predicted octanol–water partition coefficient (Wildman–Crippen LogP) is 5.66. The molecular formula is C23H19ClN2O2. The SMILES string of the molecule is Cn1c(C(=O)Nc2cccc(COc3ccccc3)c2)cc2c(Cl)cccc21. The highest BCUT2D eigenvalue weighted by Gasteiger charge is 2.15. The van der Waals surface area contributed by atoms with Crippen molar-refractivity contribution in [2.75, 3.05) is 5.32 Å². The number of hydrogen-bond donors (Lipinski definition) is 1. The second kappa shape index (κ2) is 7.79. The lowest BCUT2D eigenvalue weighted by Gasteiger charge is -2.10. The Morgan fingerprint density at radius 1 is 1.00 bits per heavy atom. The van der Waals surface area contributed by atoms with Crippen LogP contribution in [0.3, 0.4) is 0 Å².